The Morgan fingerprint density at radius 2 is 1.91 bits per heavy atom. The summed E-state index contributed by atoms with van der Waals surface area (Å²) in [5.74, 6) is 2.10. The first-order valence-electron chi connectivity index (χ1n) is 12.8. The number of aromatic nitrogens is 3. The van der Waals surface area contributed by atoms with Gasteiger partial charge in [-0.15, -0.1) is 0 Å². The molecule has 3 aliphatic heterocycles. The molecule has 2 aromatic heterocycles. The van der Waals surface area contributed by atoms with Crippen molar-refractivity contribution >= 4 is 35.3 Å². The normalized spacial score (nSPS) is 23.4. The molecule has 5 heterocycles. The lowest BCUT2D eigenvalue weighted by atomic mass is 9.87. The molecule has 2 aromatic rings. The van der Waals surface area contributed by atoms with Crippen LogP contribution in [-0.2, 0) is 4.79 Å². The van der Waals surface area contributed by atoms with Crippen LogP contribution in [0.1, 0.15) is 44.1 Å². The maximum atomic E-state index is 12.7. The third kappa shape index (κ3) is 4.01. The van der Waals surface area contributed by atoms with Gasteiger partial charge >= 0.3 is 0 Å². The Bertz CT molecular complexity index is 1120. The zero-order valence-corrected chi connectivity index (χ0v) is 20.6. The number of carbonyl (C=O) groups excluding carboxylic acids is 1. The first-order chi connectivity index (χ1) is 17.0. The van der Waals surface area contributed by atoms with Crippen molar-refractivity contribution in [3.8, 4) is 0 Å². The van der Waals surface area contributed by atoms with Crippen LogP contribution in [0.4, 0.5) is 23.3 Å². The first kappa shape index (κ1) is 22.3. The van der Waals surface area contributed by atoms with Crippen LogP contribution in [0, 0.1) is 0 Å². The third-order valence-corrected chi connectivity index (χ3v) is 8.21. The van der Waals surface area contributed by atoms with E-state index in [-0.39, 0.29) is 17.5 Å². The number of rotatable bonds is 4. The summed E-state index contributed by atoms with van der Waals surface area (Å²) < 4.78 is 0. The highest BCUT2D eigenvalue weighted by atomic mass is 16.2. The summed E-state index contributed by atoms with van der Waals surface area (Å²) in [5.41, 5.74) is 2.04. The molecule has 3 fully saturated rings. The lowest BCUT2D eigenvalue weighted by molar-refractivity contribution is -0.123. The monoisotopic (exact) mass is 474 g/mol. The Morgan fingerprint density at radius 1 is 1.11 bits per heavy atom. The predicted molar refractivity (Wildman–Crippen MR) is 138 cm³/mol. The van der Waals surface area contributed by atoms with Gasteiger partial charge in [0, 0.05) is 37.4 Å². The molecule has 2 saturated heterocycles. The summed E-state index contributed by atoms with van der Waals surface area (Å²) in [6.07, 6.45) is 14.6. The Kier molecular flexibility index (Phi) is 5.59. The zero-order valence-electron chi connectivity index (χ0n) is 20.6. The molecule has 2 N–H and O–H groups in total. The molecular formula is C26H34N8O. The van der Waals surface area contributed by atoms with Crippen molar-refractivity contribution in [2.24, 2.45) is 0 Å². The maximum Gasteiger partial charge on any atom is 0.246 e. The van der Waals surface area contributed by atoms with Crippen molar-refractivity contribution < 1.29 is 4.79 Å². The summed E-state index contributed by atoms with van der Waals surface area (Å²) in [4.78, 5) is 33.8. The number of hydrogen-bond acceptors (Lipinski definition) is 8. The summed E-state index contributed by atoms with van der Waals surface area (Å²) in [6.45, 7) is 2.77. The predicted octanol–water partition coefficient (Wildman–Crippen LogP) is 2.79. The molecular weight excluding hydrogens is 440 g/mol. The Labute approximate surface area is 206 Å². The van der Waals surface area contributed by atoms with Gasteiger partial charge in [-0.05, 0) is 51.9 Å². The topological polar surface area (TPSA) is 89.5 Å². The van der Waals surface area contributed by atoms with E-state index in [4.69, 9.17) is 4.98 Å². The molecule has 1 atom stereocenters. The van der Waals surface area contributed by atoms with Gasteiger partial charge in [0.15, 0.2) is 0 Å². The second kappa shape index (κ2) is 8.78. The van der Waals surface area contributed by atoms with Crippen molar-refractivity contribution in [2.45, 2.75) is 56.1 Å². The summed E-state index contributed by atoms with van der Waals surface area (Å²) in [6, 6.07) is 4.45. The molecule has 184 valence electrons. The van der Waals surface area contributed by atoms with Crippen LogP contribution in [0.15, 0.2) is 30.6 Å². The fourth-order valence-electron chi connectivity index (χ4n) is 6.18. The Hall–Kier alpha value is -3.20. The summed E-state index contributed by atoms with van der Waals surface area (Å²) in [5, 5.41) is 6.41. The number of pyridine rings is 1. The third-order valence-electron chi connectivity index (χ3n) is 8.21. The number of nitrogens with zero attached hydrogens (tertiary/aromatic N) is 6. The van der Waals surface area contributed by atoms with Gasteiger partial charge in [-0.3, -0.25) is 4.79 Å². The van der Waals surface area contributed by atoms with Crippen molar-refractivity contribution in [3.05, 3.63) is 36.2 Å². The van der Waals surface area contributed by atoms with E-state index in [9.17, 15) is 4.79 Å². The van der Waals surface area contributed by atoms with E-state index in [2.05, 4.69) is 55.5 Å². The minimum absolute atomic E-state index is 0.0458. The highest BCUT2D eigenvalue weighted by Gasteiger charge is 2.50. The highest BCUT2D eigenvalue weighted by Crippen LogP contribution is 2.43. The van der Waals surface area contributed by atoms with Crippen LogP contribution >= 0.6 is 0 Å². The molecule has 0 radical (unpaired) electrons. The number of anilines is 4. The minimum atomic E-state index is -0.314. The number of amides is 1. The van der Waals surface area contributed by atoms with Crippen LogP contribution in [0.2, 0.25) is 0 Å². The van der Waals surface area contributed by atoms with Gasteiger partial charge in [-0.1, -0.05) is 25.0 Å². The van der Waals surface area contributed by atoms with Gasteiger partial charge in [0.25, 0.3) is 0 Å². The smallest absolute Gasteiger partial charge is 0.246 e. The summed E-state index contributed by atoms with van der Waals surface area (Å²) in [7, 11) is 4.32. The van der Waals surface area contributed by atoms with E-state index in [0.29, 0.717) is 24.4 Å². The van der Waals surface area contributed by atoms with Gasteiger partial charge in [0.2, 0.25) is 11.9 Å². The van der Waals surface area contributed by atoms with E-state index in [0.717, 1.165) is 43.0 Å². The van der Waals surface area contributed by atoms with Crippen LogP contribution in [0.3, 0.4) is 0 Å². The Morgan fingerprint density at radius 3 is 2.63 bits per heavy atom. The number of fused-ring (bicyclic) bond motifs is 4. The van der Waals surface area contributed by atoms with Crippen LogP contribution in [0.5, 0.6) is 0 Å². The summed E-state index contributed by atoms with van der Waals surface area (Å²) >= 11 is 0. The molecule has 1 unspecified atom stereocenters. The average molecular weight is 475 g/mol. The molecule has 1 aliphatic carbocycles. The number of carbonyl (C=O) groups is 1. The van der Waals surface area contributed by atoms with Crippen molar-refractivity contribution in [1.82, 2.24) is 25.2 Å². The van der Waals surface area contributed by atoms with Crippen molar-refractivity contribution in [3.63, 3.8) is 0 Å². The number of piperidine rings is 1. The molecule has 9 nitrogen and oxygen atoms in total. The second-order valence-corrected chi connectivity index (χ2v) is 10.5. The number of nitrogens with one attached hydrogen (secondary N) is 2. The maximum absolute atomic E-state index is 12.7. The molecule has 9 heteroatoms. The average Bonchev–Trinajstić information content (AvgIpc) is 3.36. The number of hydrogen-bond donors (Lipinski definition) is 2. The van der Waals surface area contributed by atoms with Gasteiger partial charge in [-0.2, -0.15) is 4.98 Å². The van der Waals surface area contributed by atoms with Gasteiger partial charge < -0.3 is 25.3 Å². The lowest BCUT2D eigenvalue weighted by Gasteiger charge is -2.50. The van der Waals surface area contributed by atoms with Crippen molar-refractivity contribution in [2.75, 3.05) is 48.8 Å². The first-order valence-corrected chi connectivity index (χ1v) is 12.8. The second-order valence-electron chi connectivity index (χ2n) is 10.5. The molecule has 0 bridgehead atoms. The number of piperazine rings is 1. The zero-order chi connectivity index (χ0) is 24.0. The van der Waals surface area contributed by atoms with Crippen LogP contribution in [0.25, 0.3) is 6.08 Å². The molecule has 1 saturated carbocycles. The van der Waals surface area contributed by atoms with Gasteiger partial charge in [-0.25, -0.2) is 9.97 Å². The van der Waals surface area contributed by atoms with Crippen LogP contribution < -0.4 is 20.4 Å². The fraction of sp³-hybridized carbons (Fsp3) is 0.538. The standard InChI is InChI=1S/C26H34N8O/c1-32(2)19-9-13-33(14-10-19)20-6-8-22(27-16-20)30-25-28-15-18-5-7-21-24(35)29-17-26(11-3-4-12-26)34(21)23(18)31-25/h5-8,15-16,19,21H,3-4,9-14,17H2,1-2H3,(H,29,35)(H,27,28,30,31). The van der Waals surface area contributed by atoms with E-state index >= 15 is 0 Å². The quantitative estimate of drug-likeness (QED) is 0.699. The molecule has 0 aromatic carbocycles. The largest absolute Gasteiger partial charge is 0.370 e. The molecule has 35 heavy (non-hydrogen) atoms. The van der Waals surface area contributed by atoms with Crippen molar-refractivity contribution in [1.29, 1.82) is 0 Å². The highest BCUT2D eigenvalue weighted by molar-refractivity contribution is 5.93. The van der Waals surface area contributed by atoms with E-state index in [1.807, 2.05) is 30.6 Å². The van der Waals surface area contributed by atoms with Gasteiger partial charge in [0.1, 0.15) is 17.7 Å². The molecule has 1 amide bonds. The SMILES string of the molecule is CN(C)C1CCN(c2ccc(Nc3ncc4c(n3)N3C(C=C4)C(=O)NCC34CCCC4)nc2)CC1. The lowest BCUT2D eigenvalue weighted by Crippen LogP contribution is -2.67. The molecule has 4 aliphatic rings. The van der Waals surface area contributed by atoms with Crippen LogP contribution in [-0.4, -0.2) is 77.1 Å². The molecule has 1 spiro atoms. The fourth-order valence-corrected chi connectivity index (χ4v) is 6.18. The van der Waals surface area contributed by atoms with E-state index < -0.39 is 0 Å². The van der Waals surface area contributed by atoms with E-state index in [1.54, 1.807) is 0 Å². The van der Waals surface area contributed by atoms with E-state index in [1.165, 1.54) is 25.7 Å². The molecule has 6 rings (SSSR count). The Balaban J connectivity index is 1.20. The van der Waals surface area contributed by atoms with Gasteiger partial charge in [0.05, 0.1) is 17.4 Å². The minimum Gasteiger partial charge on any atom is -0.370 e.